The third-order valence-corrected chi connectivity index (χ3v) is 2.02. The zero-order valence-electron chi connectivity index (χ0n) is 8.34. The standard InChI is InChI=1S/C8H4BF3NO2.K/c10-9(11,12)6-2-8-7(14-4-15-8)1-5(6)3-13;/h1-2H,4H2;/q-1;+1. The molecule has 8 heteroatoms. The van der Waals surface area contributed by atoms with E-state index in [1.807, 2.05) is 0 Å². The first kappa shape index (κ1) is 13.9. The molecule has 0 amide bonds. The molecular weight excluding hydrogens is 249 g/mol. The average molecular weight is 253 g/mol. The minimum absolute atomic E-state index is 0. The maximum Gasteiger partial charge on any atom is 1.00 e. The maximum absolute atomic E-state index is 12.5. The van der Waals surface area contributed by atoms with E-state index < -0.39 is 18.0 Å². The van der Waals surface area contributed by atoms with Crippen molar-refractivity contribution in [1.29, 1.82) is 5.26 Å². The Hall–Kier alpha value is -0.199. The Labute approximate surface area is 132 Å². The number of ether oxygens (including phenoxy) is 2. The smallest absolute Gasteiger partial charge is 0.454 e. The summed E-state index contributed by atoms with van der Waals surface area (Å²) in [5.74, 6) is 0.207. The molecule has 78 valence electrons. The van der Waals surface area contributed by atoms with Crippen LogP contribution in [0.4, 0.5) is 12.9 Å². The van der Waals surface area contributed by atoms with E-state index in [-0.39, 0.29) is 69.7 Å². The second-order valence-corrected chi connectivity index (χ2v) is 2.98. The van der Waals surface area contributed by atoms with Crippen LogP contribution in [0.5, 0.6) is 11.5 Å². The zero-order chi connectivity index (χ0) is 11.1. The van der Waals surface area contributed by atoms with Crippen LogP contribution in [0.3, 0.4) is 0 Å². The van der Waals surface area contributed by atoms with Crippen LogP contribution in [0.15, 0.2) is 12.1 Å². The van der Waals surface area contributed by atoms with E-state index in [1.54, 1.807) is 0 Å². The van der Waals surface area contributed by atoms with Crippen LogP contribution < -0.4 is 66.3 Å². The van der Waals surface area contributed by atoms with Crippen LogP contribution in [-0.2, 0) is 0 Å². The molecule has 0 N–H and O–H groups in total. The molecule has 2 rings (SSSR count). The molecular formula is C8H4BF3KNO2. The van der Waals surface area contributed by atoms with Crippen LogP contribution in [0.25, 0.3) is 0 Å². The molecule has 0 aromatic heterocycles. The Balaban J connectivity index is 0.00000128. The van der Waals surface area contributed by atoms with Gasteiger partial charge in [0.1, 0.15) is 0 Å². The predicted octanol–water partition coefficient (Wildman–Crippen LogP) is -1.65. The number of benzene rings is 1. The van der Waals surface area contributed by atoms with Crippen molar-refractivity contribution in [3.05, 3.63) is 17.7 Å². The largest absolute Gasteiger partial charge is 1.00 e. The fraction of sp³-hybridized carbons (Fsp3) is 0.125. The van der Waals surface area contributed by atoms with Gasteiger partial charge in [-0.3, -0.25) is 0 Å². The minimum Gasteiger partial charge on any atom is -0.454 e. The average Bonchev–Trinajstić information content (AvgIpc) is 2.60. The van der Waals surface area contributed by atoms with Gasteiger partial charge in [-0.25, -0.2) is 0 Å². The molecule has 0 aliphatic carbocycles. The summed E-state index contributed by atoms with van der Waals surface area (Å²) in [6.45, 7) is -5.33. The van der Waals surface area contributed by atoms with Crippen molar-refractivity contribution in [2.75, 3.05) is 6.79 Å². The van der Waals surface area contributed by atoms with Crippen molar-refractivity contribution in [1.82, 2.24) is 0 Å². The van der Waals surface area contributed by atoms with Crippen molar-refractivity contribution in [3.8, 4) is 17.6 Å². The van der Waals surface area contributed by atoms with Gasteiger partial charge in [-0.15, -0.1) is 0 Å². The molecule has 0 bridgehead atoms. The van der Waals surface area contributed by atoms with Gasteiger partial charge in [-0.05, 0) is 12.1 Å². The Bertz CT molecular complexity index is 458. The first-order chi connectivity index (χ1) is 7.02. The number of fused-ring (bicyclic) bond motifs is 1. The second-order valence-electron chi connectivity index (χ2n) is 2.98. The van der Waals surface area contributed by atoms with E-state index in [0.29, 0.717) is 0 Å². The third kappa shape index (κ3) is 2.55. The third-order valence-electron chi connectivity index (χ3n) is 2.02. The Morgan fingerprint density at radius 1 is 1.19 bits per heavy atom. The van der Waals surface area contributed by atoms with E-state index in [2.05, 4.69) is 0 Å². The van der Waals surface area contributed by atoms with Crippen LogP contribution in [0.1, 0.15) is 5.56 Å². The monoisotopic (exact) mass is 253 g/mol. The SMILES string of the molecule is N#Cc1cc2c(cc1[B-](F)(F)F)OCO2.[K+]. The van der Waals surface area contributed by atoms with Gasteiger partial charge >= 0.3 is 58.4 Å². The van der Waals surface area contributed by atoms with Gasteiger partial charge in [0.25, 0.3) is 0 Å². The van der Waals surface area contributed by atoms with Gasteiger partial charge in [0, 0.05) is 5.56 Å². The number of rotatable bonds is 1. The number of nitriles is 1. The van der Waals surface area contributed by atoms with Gasteiger partial charge in [-0.1, -0.05) is 5.46 Å². The van der Waals surface area contributed by atoms with E-state index in [4.69, 9.17) is 14.7 Å². The van der Waals surface area contributed by atoms with Crippen LogP contribution >= 0.6 is 0 Å². The van der Waals surface area contributed by atoms with Crippen LogP contribution in [0, 0.1) is 11.3 Å². The van der Waals surface area contributed by atoms with Gasteiger partial charge in [-0.2, -0.15) is 5.26 Å². The summed E-state index contributed by atoms with van der Waals surface area (Å²) >= 11 is 0. The molecule has 0 saturated carbocycles. The molecule has 1 heterocycles. The number of halogens is 3. The van der Waals surface area contributed by atoms with Gasteiger partial charge in [0.15, 0.2) is 11.5 Å². The molecule has 0 atom stereocenters. The summed E-state index contributed by atoms with van der Waals surface area (Å²) in [6.07, 6.45) is 0. The normalized spacial score (nSPS) is 12.9. The Morgan fingerprint density at radius 3 is 2.25 bits per heavy atom. The first-order valence-corrected chi connectivity index (χ1v) is 4.06. The van der Waals surface area contributed by atoms with Crippen LogP contribution in [-0.4, -0.2) is 13.8 Å². The maximum atomic E-state index is 12.5. The summed E-state index contributed by atoms with van der Waals surface area (Å²) in [7, 11) is 0. The van der Waals surface area contributed by atoms with Crippen molar-refractivity contribution in [2.24, 2.45) is 0 Å². The summed E-state index contributed by atoms with van der Waals surface area (Å²) in [6, 6.07) is 3.35. The summed E-state index contributed by atoms with van der Waals surface area (Å²) in [5.41, 5.74) is -1.38. The fourth-order valence-electron chi connectivity index (χ4n) is 1.33. The van der Waals surface area contributed by atoms with Crippen LogP contribution in [0.2, 0.25) is 0 Å². The molecule has 1 aromatic rings. The van der Waals surface area contributed by atoms with Crippen molar-refractivity contribution in [3.63, 3.8) is 0 Å². The molecule has 1 aliphatic rings. The second kappa shape index (κ2) is 4.98. The van der Waals surface area contributed by atoms with Crippen molar-refractivity contribution >= 4 is 12.4 Å². The zero-order valence-corrected chi connectivity index (χ0v) is 11.5. The number of hydrogen-bond donors (Lipinski definition) is 0. The molecule has 0 radical (unpaired) electrons. The quantitative estimate of drug-likeness (QED) is 0.563. The van der Waals surface area contributed by atoms with Gasteiger partial charge in [0.05, 0.1) is 6.07 Å². The van der Waals surface area contributed by atoms with E-state index in [1.165, 1.54) is 6.07 Å². The molecule has 0 spiro atoms. The van der Waals surface area contributed by atoms with E-state index in [0.717, 1.165) is 12.1 Å². The van der Waals surface area contributed by atoms with E-state index >= 15 is 0 Å². The molecule has 0 fully saturated rings. The minimum atomic E-state index is -5.21. The van der Waals surface area contributed by atoms with E-state index in [9.17, 15) is 12.9 Å². The summed E-state index contributed by atoms with van der Waals surface area (Å²) in [5, 5.41) is 8.58. The fourth-order valence-corrected chi connectivity index (χ4v) is 1.33. The molecule has 16 heavy (non-hydrogen) atoms. The molecule has 1 aromatic carbocycles. The molecule has 1 aliphatic heterocycles. The van der Waals surface area contributed by atoms with Gasteiger partial charge < -0.3 is 22.4 Å². The van der Waals surface area contributed by atoms with Gasteiger partial charge in [0.2, 0.25) is 6.79 Å². The summed E-state index contributed by atoms with van der Waals surface area (Å²) < 4.78 is 47.2. The number of hydrogen-bond acceptors (Lipinski definition) is 3. The Morgan fingerprint density at radius 2 is 1.75 bits per heavy atom. The molecule has 0 saturated heterocycles. The number of nitrogens with zero attached hydrogens (tertiary/aromatic N) is 1. The Kier molecular flexibility index (Phi) is 4.31. The summed E-state index contributed by atoms with van der Waals surface area (Å²) in [4.78, 5) is 0. The molecule has 3 nitrogen and oxygen atoms in total. The molecule has 0 unspecified atom stereocenters. The first-order valence-electron chi connectivity index (χ1n) is 4.06. The topological polar surface area (TPSA) is 42.2 Å². The predicted molar refractivity (Wildman–Crippen MR) is 46.0 cm³/mol. The van der Waals surface area contributed by atoms with Crippen molar-refractivity contribution in [2.45, 2.75) is 0 Å². The van der Waals surface area contributed by atoms with Crippen molar-refractivity contribution < 1.29 is 73.8 Å².